The molecule has 2 N–H and O–H groups in total. The molecule has 1 fully saturated rings. The third kappa shape index (κ3) is 3.66. The third-order valence-corrected chi connectivity index (χ3v) is 3.44. The van der Waals surface area contributed by atoms with Crippen LogP contribution in [0.25, 0.3) is 0 Å². The first-order valence-corrected chi connectivity index (χ1v) is 6.44. The SMILES string of the molecule is COc1nc(NCC2(C)CCNCC2)nc(OC)n1. The number of nitrogens with zero attached hydrogens (tertiary/aromatic N) is 3. The summed E-state index contributed by atoms with van der Waals surface area (Å²) in [4.78, 5) is 12.3. The second kappa shape index (κ2) is 6.01. The van der Waals surface area contributed by atoms with Crippen LogP contribution in [-0.2, 0) is 0 Å². The summed E-state index contributed by atoms with van der Waals surface area (Å²) in [6.45, 7) is 5.21. The van der Waals surface area contributed by atoms with E-state index < -0.39 is 0 Å². The predicted octanol–water partition coefficient (Wildman–Crippen LogP) is 0.690. The highest BCUT2D eigenvalue weighted by molar-refractivity contribution is 5.28. The minimum Gasteiger partial charge on any atom is -0.467 e. The Balaban J connectivity index is 2.02. The van der Waals surface area contributed by atoms with Crippen LogP contribution in [0.15, 0.2) is 0 Å². The Morgan fingerprint density at radius 2 is 1.68 bits per heavy atom. The monoisotopic (exact) mass is 267 g/mol. The molecule has 2 rings (SSSR count). The highest BCUT2D eigenvalue weighted by Crippen LogP contribution is 2.28. The largest absolute Gasteiger partial charge is 0.467 e. The van der Waals surface area contributed by atoms with Crippen molar-refractivity contribution < 1.29 is 9.47 Å². The molecule has 7 nitrogen and oxygen atoms in total. The number of hydrogen-bond donors (Lipinski definition) is 2. The van der Waals surface area contributed by atoms with Crippen LogP contribution in [0.5, 0.6) is 12.0 Å². The Hall–Kier alpha value is -1.63. The van der Waals surface area contributed by atoms with Crippen molar-refractivity contribution in [1.29, 1.82) is 0 Å². The summed E-state index contributed by atoms with van der Waals surface area (Å²) in [6, 6.07) is 0.509. The average Bonchev–Trinajstić information content (AvgIpc) is 2.45. The fourth-order valence-corrected chi connectivity index (χ4v) is 2.10. The molecular weight excluding hydrogens is 246 g/mol. The first kappa shape index (κ1) is 13.8. The van der Waals surface area contributed by atoms with Gasteiger partial charge in [0.2, 0.25) is 5.95 Å². The van der Waals surface area contributed by atoms with Gasteiger partial charge in [-0.15, -0.1) is 4.98 Å². The molecule has 1 aliphatic rings. The highest BCUT2D eigenvalue weighted by atomic mass is 16.5. The molecule has 0 unspecified atom stereocenters. The molecule has 0 radical (unpaired) electrons. The van der Waals surface area contributed by atoms with Gasteiger partial charge >= 0.3 is 12.0 Å². The second-order valence-corrected chi connectivity index (χ2v) is 5.05. The second-order valence-electron chi connectivity index (χ2n) is 5.05. The van der Waals surface area contributed by atoms with Gasteiger partial charge in [-0.2, -0.15) is 9.97 Å². The zero-order valence-electron chi connectivity index (χ0n) is 11.7. The van der Waals surface area contributed by atoms with Crippen molar-refractivity contribution in [1.82, 2.24) is 20.3 Å². The zero-order chi connectivity index (χ0) is 13.7. The molecule has 19 heavy (non-hydrogen) atoms. The van der Waals surface area contributed by atoms with Crippen LogP contribution >= 0.6 is 0 Å². The Kier molecular flexibility index (Phi) is 4.36. The van der Waals surface area contributed by atoms with Crippen molar-refractivity contribution in [3.8, 4) is 12.0 Å². The van der Waals surface area contributed by atoms with Crippen molar-refractivity contribution in [2.75, 3.05) is 39.2 Å². The molecule has 7 heteroatoms. The maximum atomic E-state index is 5.02. The normalized spacial score (nSPS) is 17.8. The van der Waals surface area contributed by atoms with E-state index in [0.29, 0.717) is 5.95 Å². The summed E-state index contributed by atoms with van der Waals surface area (Å²) in [5, 5.41) is 6.62. The molecule has 106 valence electrons. The van der Waals surface area contributed by atoms with E-state index in [9.17, 15) is 0 Å². The van der Waals surface area contributed by atoms with Crippen molar-refractivity contribution in [3.05, 3.63) is 0 Å². The fourth-order valence-electron chi connectivity index (χ4n) is 2.10. The molecule has 0 bridgehead atoms. The molecule has 0 aromatic carbocycles. The maximum Gasteiger partial charge on any atom is 0.324 e. The first-order valence-electron chi connectivity index (χ1n) is 6.44. The van der Waals surface area contributed by atoms with E-state index in [4.69, 9.17) is 9.47 Å². The minimum atomic E-state index is 0.254. The summed E-state index contributed by atoms with van der Waals surface area (Å²) in [6.07, 6.45) is 2.28. The van der Waals surface area contributed by atoms with E-state index in [1.165, 1.54) is 14.2 Å². The number of aromatic nitrogens is 3. The summed E-state index contributed by atoms with van der Waals surface area (Å²) in [7, 11) is 3.04. The van der Waals surface area contributed by atoms with Gasteiger partial charge in [-0.25, -0.2) is 0 Å². The van der Waals surface area contributed by atoms with Gasteiger partial charge in [0.05, 0.1) is 14.2 Å². The smallest absolute Gasteiger partial charge is 0.324 e. The number of nitrogens with one attached hydrogen (secondary N) is 2. The molecule has 2 heterocycles. The Morgan fingerprint density at radius 1 is 1.11 bits per heavy atom. The Bertz CT molecular complexity index is 398. The van der Waals surface area contributed by atoms with Crippen LogP contribution in [-0.4, -0.2) is 48.8 Å². The number of anilines is 1. The maximum absolute atomic E-state index is 5.02. The lowest BCUT2D eigenvalue weighted by molar-refractivity contribution is 0.246. The van der Waals surface area contributed by atoms with Crippen molar-refractivity contribution in [3.63, 3.8) is 0 Å². The first-order chi connectivity index (χ1) is 9.15. The standard InChI is InChI=1S/C12H21N5O2/c1-12(4-6-13-7-5-12)8-14-9-15-10(18-2)17-11(16-9)19-3/h13H,4-8H2,1-3H3,(H,14,15,16,17). The number of rotatable bonds is 5. The molecule has 0 aliphatic carbocycles. The lowest BCUT2D eigenvalue weighted by atomic mass is 9.81. The van der Waals surface area contributed by atoms with Crippen molar-refractivity contribution in [2.24, 2.45) is 5.41 Å². The number of piperidine rings is 1. The Morgan fingerprint density at radius 3 is 2.21 bits per heavy atom. The summed E-state index contributed by atoms with van der Waals surface area (Å²) in [5.74, 6) is 0.489. The molecule has 0 saturated carbocycles. The lowest BCUT2D eigenvalue weighted by Crippen LogP contribution is -2.39. The van der Waals surface area contributed by atoms with Gasteiger partial charge in [0.25, 0.3) is 0 Å². The molecule has 1 saturated heterocycles. The summed E-state index contributed by atoms with van der Waals surface area (Å²) in [5.41, 5.74) is 0.262. The van der Waals surface area contributed by atoms with Crippen LogP contribution in [0.4, 0.5) is 5.95 Å². The van der Waals surface area contributed by atoms with Gasteiger partial charge in [-0.1, -0.05) is 6.92 Å². The zero-order valence-corrected chi connectivity index (χ0v) is 11.7. The van der Waals surface area contributed by atoms with Crippen LogP contribution in [0.1, 0.15) is 19.8 Å². The van der Waals surface area contributed by atoms with E-state index in [1.807, 2.05) is 0 Å². The molecule has 1 aromatic rings. The third-order valence-electron chi connectivity index (χ3n) is 3.44. The van der Waals surface area contributed by atoms with Gasteiger partial charge in [0.15, 0.2) is 0 Å². The van der Waals surface area contributed by atoms with Crippen LogP contribution in [0, 0.1) is 5.41 Å². The van der Waals surface area contributed by atoms with Gasteiger partial charge in [-0.05, 0) is 31.3 Å². The number of methoxy groups -OCH3 is 2. The summed E-state index contributed by atoms with van der Waals surface area (Å²) >= 11 is 0. The predicted molar refractivity (Wildman–Crippen MR) is 71.6 cm³/mol. The van der Waals surface area contributed by atoms with E-state index in [2.05, 4.69) is 32.5 Å². The van der Waals surface area contributed by atoms with Crippen LogP contribution in [0.3, 0.4) is 0 Å². The van der Waals surface area contributed by atoms with Gasteiger partial charge in [0, 0.05) is 6.54 Å². The number of ether oxygens (including phenoxy) is 2. The van der Waals surface area contributed by atoms with E-state index in [0.717, 1.165) is 32.5 Å². The van der Waals surface area contributed by atoms with E-state index >= 15 is 0 Å². The van der Waals surface area contributed by atoms with Crippen LogP contribution in [0.2, 0.25) is 0 Å². The average molecular weight is 267 g/mol. The quantitative estimate of drug-likeness (QED) is 0.812. The van der Waals surface area contributed by atoms with Crippen molar-refractivity contribution in [2.45, 2.75) is 19.8 Å². The highest BCUT2D eigenvalue weighted by Gasteiger charge is 2.26. The van der Waals surface area contributed by atoms with Gasteiger partial charge in [-0.3, -0.25) is 0 Å². The summed E-state index contributed by atoms with van der Waals surface area (Å²) < 4.78 is 10.0. The van der Waals surface area contributed by atoms with Gasteiger partial charge in [0.1, 0.15) is 0 Å². The van der Waals surface area contributed by atoms with Gasteiger partial charge < -0.3 is 20.1 Å². The minimum absolute atomic E-state index is 0.254. The fraction of sp³-hybridized carbons (Fsp3) is 0.750. The Labute approximate surface area is 113 Å². The lowest BCUT2D eigenvalue weighted by Gasteiger charge is -2.34. The molecule has 1 aliphatic heterocycles. The molecule has 0 amide bonds. The molecular formula is C12H21N5O2. The topological polar surface area (TPSA) is 81.2 Å². The van der Waals surface area contributed by atoms with Crippen LogP contribution < -0.4 is 20.1 Å². The molecule has 0 spiro atoms. The van der Waals surface area contributed by atoms with Crippen molar-refractivity contribution >= 4 is 5.95 Å². The number of hydrogen-bond acceptors (Lipinski definition) is 7. The van der Waals surface area contributed by atoms with E-state index in [-0.39, 0.29) is 17.4 Å². The molecule has 1 aromatic heterocycles. The molecule has 0 atom stereocenters. The van der Waals surface area contributed by atoms with E-state index in [1.54, 1.807) is 0 Å².